The summed E-state index contributed by atoms with van der Waals surface area (Å²) in [6.07, 6.45) is 1.32. The van der Waals surface area contributed by atoms with Gasteiger partial charge in [0.2, 0.25) is 0 Å². The number of hydrogen-bond donors (Lipinski definition) is 0. The van der Waals surface area contributed by atoms with Gasteiger partial charge in [0.1, 0.15) is 5.01 Å². The standard InChI is InChI=1S/C11H17ClN2S/c1-8-3-4-14(6-8)9(2)11-13-10(5-12)7-15-11/h7-9H,3-6H2,1-2H3. The number of rotatable bonds is 3. The number of halogens is 1. The van der Waals surface area contributed by atoms with E-state index < -0.39 is 0 Å². The molecule has 4 heteroatoms. The number of aromatic nitrogens is 1. The second kappa shape index (κ2) is 4.81. The van der Waals surface area contributed by atoms with E-state index >= 15 is 0 Å². The third kappa shape index (κ3) is 2.52. The predicted octanol–water partition coefficient (Wildman–Crippen LogP) is 3.28. The summed E-state index contributed by atoms with van der Waals surface area (Å²) in [5, 5.41) is 3.28. The van der Waals surface area contributed by atoms with Crippen LogP contribution in [0.5, 0.6) is 0 Å². The Morgan fingerprint density at radius 3 is 3.07 bits per heavy atom. The van der Waals surface area contributed by atoms with Gasteiger partial charge in [0, 0.05) is 11.9 Å². The summed E-state index contributed by atoms with van der Waals surface area (Å²) >= 11 is 7.49. The van der Waals surface area contributed by atoms with E-state index in [9.17, 15) is 0 Å². The molecule has 0 saturated carbocycles. The zero-order valence-corrected chi connectivity index (χ0v) is 10.8. The zero-order chi connectivity index (χ0) is 10.8. The summed E-state index contributed by atoms with van der Waals surface area (Å²) in [6, 6.07) is 0.455. The van der Waals surface area contributed by atoms with Crippen molar-refractivity contribution < 1.29 is 0 Å². The van der Waals surface area contributed by atoms with Crippen molar-refractivity contribution in [3.05, 3.63) is 16.1 Å². The monoisotopic (exact) mass is 244 g/mol. The number of hydrogen-bond acceptors (Lipinski definition) is 3. The Kier molecular flexibility index (Phi) is 3.65. The maximum Gasteiger partial charge on any atom is 0.110 e. The molecular formula is C11H17ClN2S. The molecule has 1 aromatic rings. The summed E-state index contributed by atoms with van der Waals surface area (Å²) in [5.41, 5.74) is 1.01. The molecule has 2 heterocycles. The molecule has 0 spiro atoms. The van der Waals surface area contributed by atoms with Crippen LogP contribution in [0.1, 0.15) is 37.0 Å². The normalized spacial score (nSPS) is 24.6. The van der Waals surface area contributed by atoms with E-state index in [-0.39, 0.29) is 0 Å². The highest BCUT2D eigenvalue weighted by Crippen LogP contribution is 2.29. The van der Waals surface area contributed by atoms with Crippen LogP contribution in [-0.2, 0) is 5.88 Å². The topological polar surface area (TPSA) is 16.1 Å². The van der Waals surface area contributed by atoms with Crippen molar-refractivity contribution in [2.75, 3.05) is 13.1 Å². The lowest BCUT2D eigenvalue weighted by atomic mass is 10.2. The van der Waals surface area contributed by atoms with Crippen LogP contribution in [0.2, 0.25) is 0 Å². The Hall–Kier alpha value is -0.120. The lowest BCUT2D eigenvalue weighted by Gasteiger charge is -2.21. The first-order chi connectivity index (χ1) is 7.20. The van der Waals surface area contributed by atoms with Crippen LogP contribution >= 0.6 is 22.9 Å². The minimum Gasteiger partial charge on any atom is -0.294 e. The molecule has 0 radical (unpaired) electrons. The summed E-state index contributed by atoms with van der Waals surface area (Å²) in [7, 11) is 0. The first-order valence-electron chi connectivity index (χ1n) is 5.45. The molecule has 0 aliphatic carbocycles. The molecule has 0 aromatic carbocycles. The lowest BCUT2D eigenvalue weighted by Crippen LogP contribution is -2.24. The fourth-order valence-corrected chi connectivity index (χ4v) is 3.19. The van der Waals surface area contributed by atoms with Gasteiger partial charge < -0.3 is 0 Å². The van der Waals surface area contributed by atoms with E-state index in [1.54, 1.807) is 11.3 Å². The fraction of sp³-hybridized carbons (Fsp3) is 0.727. The van der Waals surface area contributed by atoms with Crippen LogP contribution in [0.3, 0.4) is 0 Å². The Balaban J connectivity index is 2.03. The average molecular weight is 245 g/mol. The molecule has 2 atom stereocenters. The molecule has 84 valence electrons. The lowest BCUT2D eigenvalue weighted by molar-refractivity contribution is 0.254. The van der Waals surface area contributed by atoms with Crippen LogP contribution in [0.25, 0.3) is 0 Å². The minimum atomic E-state index is 0.455. The largest absolute Gasteiger partial charge is 0.294 e. The fourth-order valence-electron chi connectivity index (χ4n) is 2.05. The van der Waals surface area contributed by atoms with Gasteiger partial charge in [0.25, 0.3) is 0 Å². The van der Waals surface area contributed by atoms with Crippen molar-refractivity contribution in [1.82, 2.24) is 9.88 Å². The van der Waals surface area contributed by atoms with Gasteiger partial charge in [0.05, 0.1) is 17.6 Å². The van der Waals surface area contributed by atoms with E-state index in [1.807, 2.05) is 0 Å². The van der Waals surface area contributed by atoms with Gasteiger partial charge in [-0.2, -0.15) is 0 Å². The van der Waals surface area contributed by atoms with Gasteiger partial charge >= 0.3 is 0 Å². The molecular weight excluding hydrogens is 228 g/mol. The first-order valence-corrected chi connectivity index (χ1v) is 6.86. The number of likely N-dealkylation sites (tertiary alicyclic amines) is 1. The third-order valence-corrected chi connectivity index (χ3v) is 4.40. The molecule has 1 aliphatic rings. The predicted molar refractivity (Wildman–Crippen MR) is 65.4 cm³/mol. The molecule has 1 aliphatic heterocycles. The number of nitrogens with zero attached hydrogens (tertiary/aromatic N) is 2. The van der Waals surface area contributed by atoms with Crippen molar-refractivity contribution in [3.63, 3.8) is 0 Å². The molecule has 0 amide bonds. The van der Waals surface area contributed by atoms with E-state index in [0.29, 0.717) is 11.9 Å². The van der Waals surface area contributed by atoms with Gasteiger partial charge in [-0.15, -0.1) is 22.9 Å². The van der Waals surface area contributed by atoms with Crippen LogP contribution in [-0.4, -0.2) is 23.0 Å². The Morgan fingerprint density at radius 1 is 1.73 bits per heavy atom. The summed E-state index contributed by atoms with van der Waals surface area (Å²) in [5.74, 6) is 1.36. The Bertz CT molecular complexity index is 326. The van der Waals surface area contributed by atoms with Gasteiger partial charge in [0.15, 0.2) is 0 Å². The zero-order valence-electron chi connectivity index (χ0n) is 9.24. The maximum atomic E-state index is 5.76. The summed E-state index contributed by atoms with van der Waals surface area (Å²) in [4.78, 5) is 7.06. The van der Waals surface area contributed by atoms with Crippen LogP contribution in [0.15, 0.2) is 5.38 Å². The molecule has 2 nitrogen and oxygen atoms in total. The third-order valence-electron chi connectivity index (χ3n) is 3.07. The van der Waals surface area contributed by atoms with E-state index in [4.69, 9.17) is 11.6 Å². The summed E-state index contributed by atoms with van der Waals surface area (Å²) in [6.45, 7) is 6.97. The van der Waals surface area contributed by atoms with Crippen molar-refractivity contribution in [2.24, 2.45) is 5.92 Å². The van der Waals surface area contributed by atoms with E-state index in [1.165, 1.54) is 24.5 Å². The number of alkyl halides is 1. The van der Waals surface area contributed by atoms with Crippen molar-refractivity contribution in [3.8, 4) is 0 Å². The molecule has 1 fully saturated rings. The molecule has 2 unspecified atom stereocenters. The average Bonchev–Trinajstić information content (AvgIpc) is 2.84. The number of thiazole rings is 1. The first kappa shape index (κ1) is 11.4. The molecule has 2 rings (SSSR count). The van der Waals surface area contributed by atoms with E-state index in [0.717, 1.165) is 11.6 Å². The minimum absolute atomic E-state index is 0.455. The van der Waals surface area contributed by atoms with Gasteiger partial charge in [-0.1, -0.05) is 6.92 Å². The molecule has 15 heavy (non-hydrogen) atoms. The highest BCUT2D eigenvalue weighted by Gasteiger charge is 2.25. The Labute approximate surface area is 100 Å². The van der Waals surface area contributed by atoms with Gasteiger partial charge in [-0.25, -0.2) is 4.98 Å². The van der Waals surface area contributed by atoms with Crippen LogP contribution in [0.4, 0.5) is 0 Å². The quantitative estimate of drug-likeness (QED) is 0.759. The second-order valence-corrected chi connectivity index (χ2v) is 5.53. The highest BCUT2D eigenvalue weighted by atomic mass is 35.5. The van der Waals surface area contributed by atoms with Crippen LogP contribution < -0.4 is 0 Å². The second-order valence-electron chi connectivity index (χ2n) is 4.38. The Morgan fingerprint density at radius 2 is 2.53 bits per heavy atom. The SMILES string of the molecule is CC1CCN(C(C)c2nc(CCl)cs2)C1. The van der Waals surface area contributed by atoms with Crippen LogP contribution in [0, 0.1) is 5.92 Å². The van der Waals surface area contributed by atoms with Gasteiger partial charge in [-0.3, -0.25) is 4.90 Å². The smallest absolute Gasteiger partial charge is 0.110 e. The van der Waals surface area contributed by atoms with Crippen molar-refractivity contribution in [1.29, 1.82) is 0 Å². The van der Waals surface area contributed by atoms with Crippen molar-refractivity contribution >= 4 is 22.9 Å². The highest BCUT2D eigenvalue weighted by molar-refractivity contribution is 7.09. The van der Waals surface area contributed by atoms with E-state index in [2.05, 4.69) is 29.1 Å². The molecule has 0 N–H and O–H groups in total. The van der Waals surface area contributed by atoms with Crippen molar-refractivity contribution in [2.45, 2.75) is 32.2 Å². The maximum absolute atomic E-state index is 5.76. The molecule has 0 bridgehead atoms. The molecule has 1 aromatic heterocycles. The van der Waals surface area contributed by atoms with Gasteiger partial charge in [-0.05, 0) is 25.8 Å². The summed E-state index contributed by atoms with van der Waals surface area (Å²) < 4.78 is 0. The molecule has 1 saturated heterocycles.